The van der Waals surface area contributed by atoms with Crippen LogP contribution in [0.2, 0.25) is 0 Å². The van der Waals surface area contributed by atoms with Crippen molar-refractivity contribution in [2.75, 3.05) is 36.4 Å². The van der Waals surface area contributed by atoms with Crippen LogP contribution in [0.25, 0.3) is 10.2 Å². The van der Waals surface area contributed by atoms with Gasteiger partial charge in [0.25, 0.3) is 0 Å². The quantitative estimate of drug-likeness (QED) is 0.902. The first-order chi connectivity index (χ1) is 10.3. The fourth-order valence-corrected chi connectivity index (χ4v) is 3.13. The average Bonchev–Trinajstić information content (AvgIpc) is 2.86. The van der Waals surface area contributed by atoms with Crippen LogP contribution in [-0.2, 0) is 4.79 Å². The molecule has 112 valence electrons. The molecule has 0 saturated carbocycles. The Balaban J connectivity index is 1.94. The second-order valence-corrected chi connectivity index (χ2v) is 5.92. The zero-order chi connectivity index (χ0) is 14.7. The van der Waals surface area contributed by atoms with Gasteiger partial charge in [-0.15, -0.1) is 11.3 Å². The maximum Gasteiger partial charge on any atom is 0.226 e. The second-order valence-electron chi connectivity index (χ2n) is 5.02. The third-order valence-corrected chi connectivity index (χ3v) is 4.26. The molecule has 1 aliphatic heterocycles. The van der Waals surface area contributed by atoms with Crippen molar-refractivity contribution in [1.29, 1.82) is 0 Å². The number of amides is 1. The highest BCUT2D eigenvalue weighted by Gasteiger charge is 2.19. The van der Waals surface area contributed by atoms with Crippen molar-refractivity contribution >= 4 is 39.2 Å². The normalized spacial score (nSPS) is 15.9. The molecule has 0 unspecified atom stereocenters. The lowest BCUT2D eigenvalue weighted by Crippen LogP contribution is -2.29. The molecular weight excluding hydrogens is 286 g/mol. The number of rotatable bonds is 4. The topological polar surface area (TPSA) is 70.2 Å². The number of aromatic nitrogens is 2. The van der Waals surface area contributed by atoms with Gasteiger partial charge in [0, 0.05) is 32.6 Å². The number of fused-ring (bicyclic) bond motifs is 1. The van der Waals surface area contributed by atoms with Crippen LogP contribution >= 0.6 is 11.3 Å². The van der Waals surface area contributed by atoms with Gasteiger partial charge in [0.15, 0.2) is 0 Å². The molecule has 1 fully saturated rings. The van der Waals surface area contributed by atoms with Gasteiger partial charge in [-0.25, -0.2) is 4.98 Å². The predicted molar refractivity (Wildman–Crippen MR) is 86.0 cm³/mol. The largest absolute Gasteiger partial charge is 0.354 e. The van der Waals surface area contributed by atoms with Crippen molar-refractivity contribution in [1.82, 2.24) is 15.3 Å². The standard InChI is InChI=1S/C14H19N5OS/c1-2-5-16-14-17-12(10-4-9-21-13(10)18-14)19-7-3-11(20)15-6-8-19/h4,9H,2-3,5-8H2,1H3,(H,15,20)(H,16,17,18). The summed E-state index contributed by atoms with van der Waals surface area (Å²) in [5.41, 5.74) is 0. The third-order valence-electron chi connectivity index (χ3n) is 3.45. The number of anilines is 2. The molecular formula is C14H19N5OS. The average molecular weight is 305 g/mol. The summed E-state index contributed by atoms with van der Waals surface area (Å²) < 4.78 is 0. The summed E-state index contributed by atoms with van der Waals surface area (Å²) in [6.07, 6.45) is 1.54. The summed E-state index contributed by atoms with van der Waals surface area (Å²) in [7, 11) is 0. The molecule has 3 heterocycles. The first-order valence-corrected chi connectivity index (χ1v) is 8.16. The highest BCUT2D eigenvalue weighted by atomic mass is 32.1. The van der Waals surface area contributed by atoms with E-state index in [4.69, 9.17) is 0 Å². The van der Waals surface area contributed by atoms with Crippen LogP contribution in [0.4, 0.5) is 11.8 Å². The first kappa shape index (κ1) is 14.1. The highest BCUT2D eigenvalue weighted by molar-refractivity contribution is 7.16. The Labute approximate surface area is 127 Å². The third kappa shape index (κ3) is 3.07. The van der Waals surface area contributed by atoms with E-state index >= 15 is 0 Å². The Kier molecular flexibility index (Phi) is 4.19. The zero-order valence-electron chi connectivity index (χ0n) is 12.1. The summed E-state index contributed by atoms with van der Waals surface area (Å²) in [5, 5.41) is 9.25. The van der Waals surface area contributed by atoms with Crippen molar-refractivity contribution in [3.05, 3.63) is 11.4 Å². The number of carbonyl (C=O) groups is 1. The van der Waals surface area contributed by atoms with Crippen LogP contribution in [0.15, 0.2) is 11.4 Å². The summed E-state index contributed by atoms with van der Waals surface area (Å²) in [4.78, 5) is 23.9. The predicted octanol–water partition coefficient (Wildman–Crippen LogP) is 1.84. The molecule has 0 atom stereocenters. The molecule has 2 aromatic rings. The molecule has 1 saturated heterocycles. The fraction of sp³-hybridized carbons (Fsp3) is 0.500. The van der Waals surface area contributed by atoms with E-state index in [-0.39, 0.29) is 5.91 Å². The lowest BCUT2D eigenvalue weighted by Gasteiger charge is -2.22. The van der Waals surface area contributed by atoms with E-state index in [2.05, 4.69) is 38.5 Å². The van der Waals surface area contributed by atoms with Gasteiger partial charge in [0.05, 0.1) is 5.39 Å². The minimum Gasteiger partial charge on any atom is -0.354 e. The van der Waals surface area contributed by atoms with Gasteiger partial charge in [-0.3, -0.25) is 4.79 Å². The van der Waals surface area contributed by atoms with Gasteiger partial charge in [-0.2, -0.15) is 4.98 Å². The molecule has 2 N–H and O–H groups in total. The van der Waals surface area contributed by atoms with Crippen molar-refractivity contribution in [3.63, 3.8) is 0 Å². The van der Waals surface area contributed by atoms with E-state index in [0.29, 0.717) is 25.5 Å². The SMILES string of the molecule is CCCNc1nc(N2CCNC(=O)CC2)c2ccsc2n1. The number of nitrogens with zero attached hydrogens (tertiary/aromatic N) is 3. The molecule has 2 aromatic heterocycles. The molecule has 0 aliphatic carbocycles. The Morgan fingerprint density at radius 3 is 3.19 bits per heavy atom. The Bertz CT molecular complexity index is 641. The van der Waals surface area contributed by atoms with Crippen molar-refractivity contribution in [3.8, 4) is 0 Å². The molecule has 6 nitrogen and oxygen atoms in total. The number of thiophene rings is 1. The molecule has 0 bridgehead atoms. The second kappa shape index (κ2) is 6.26. The van der Waals surface area contributed by atoms with Crippen LogP contribution in [0, 0.1) is 0 Å². The highest BCUT2D eigenvalue weighted by Crippen LogP contribution is 2.29. The minimum absolute atomic E-state index is 0.109. The maximum atomic E-state index is 11.5. The fourth-order valence-electron chi connectivity index (χ4n) is 2.38. The molecule has 1 aliphatic rings. The van der Waals surface area contributed by atoms with E-state index in [0.717, 1.165) is 35.5 Å². The van der Waals surface area contributed by atoms with Gasteiger partial charge in [0.1, 0.15) is 10.6 Å². The van der Waals surface area contributed by atoms with Crippen molar-refractivity contribution in [2.24, 2.45) is 0 Å². The molecule has 0 aromatic carbocycles. The van der Waals surface area contributed by atoms with Crippen molar-refractivity contribution in [2.45, 2.75) is 19.8 Å². The maximum absolute atomic E-state index is 11.5. The van der Waals surface area contributed by atoms with E-state index in [1.165, 1.54) is 0 Å². The summed E-state index contributed by atoms with van der Waals surface area (Å²) in [6, 6.07) is 2.05. The van der Waals surface area contributed by atoms with E-state index in [1.807, 2.05) is 5.38 Å². The first-order valence-electron chi connectivity index (χ1n) is 7.28. The number of nitrogens with one attached hydrogen (secondary N) is 2. The van der Waals surface area contributed by atoms with Gasteiger partial charge in [-0.1, -0.05) is 6.92 Å². The molecule has 3 rings (SSSR count). The molecule has 1 amide bonds. The van der Waals surface area contributed by atoms with E-state index in [1.54, 1.807) is 11.3 Å². The molecule has 0 spiro atoms. The monoisotopic (exact) mass is 305 g/mol. The Morgan fingerprint density at radius 1 is 1.43 bits per heavy atom. The lowest BCUT2D eigenvalue weighted by molar-refractivity contribution is -0.120. The number of carbonyl (C=O) groups excluding carboxylic acids is 1. The Morgan fingerprint density at radius 2 is 2.33 bits per heavy atom. The lowest BCUT2D eigenvalue weighted by atomic mass is 10.3. The van der Waals surface area contributed by atoms with Crippen LogP contribution in [-0.4, -0.2) is 42.1 Å². The minimum atomic E-state index is 0.109. The van der Waals surface area contributed by atoms with Crippen LogP contribution in [0.3, 0.4) is 0 Å². The van der Waals surface area contributed by atoms with Crippen LogP contribution in [0.5, 0.6) is 0 Å². The Hall–Kier alpha value is -1.89. The van der Waals surface area contributed by atoms with E-state index in [9.17, 15) is 4.79 Å². The number of hydrogen-bond acceptors (Lipinski definition) is 6. The summed E-state index contributed by atoms with van der Waals surface area (Å²) in [5.74, 6) is 1.71. The van der Waals surface area contributed by atoms with E-state index < -0.39 is 0 Å². The van der Waals surface area contributed by atoms with Crippen LogP contribution < -0.4 is 15.5 Å². The van der Waals surface area contributed by atoms with Gasteiger partial charge < -0.3 is 15.5 Å². The summed E-state index contributed by atoms with van der Waals surface area (Å²) in [6.45, 7) is 5.11. The smallest absolute Gasteiger partial charge is 0.226 e. The van der Waals surface area contributed by atoms with Crippen molar-refractivity contribution < 1.29 is 4.79 Å². The molecule has 21 heavy (non-hydrogen) atoms. The molecule has 7 heteroatoms. The van der Waals surface area contributed by atoms with Gasteiger partial charge >= 0.3 is 0 Å². The van der Waals surface area contributed by atoms with Gasteiger partial charge in [0.2, 0.25) is 11.9 Å². The molecule has 0 radical (unpaired) electrons. The number of hydrogen-bond donors (Lipinski definition) is 2. The zero-order valence-corrected chi connectivity index (χ0v) is 12.9. The van der Waals surface area contributed by atoms with Crippen LogP contribution in [0.1, 0.15) is 19.8 Å². The summed E-state index contributed by atoms with van der Waals surface area (Å²) >= 11 is 1.62. The van der Waals surface area contributed by atoms with Gasteiger partial charge in [-0.05, 0) is 17.9 Å².